The number of ether oxygens (including phenoxy) is 1. The Morgan fingerprint density at radius 1 is 1.52 bits per heavy atom. The monoisotopic (exact) mass is 298 g/mol. The molecule has 0 radical (unpaired) electrons. The summed E-state index contributed by atoms with van der Waals surface area (Å²) in [7, 11) is 0. The highest BCUT2D eigenvalue weighted by Gasteiger charge is 2.53. The Kier molecular flexibility index (Phi) is 3.10. The third-order valence-electron chi connectivity index (χ3n) is 3.77. The highest BCUT2D eigenvalue weighted by Crippen LogP contribution is 2.40. The number of rotatable bonds is 2. The second-order valence-electron chi connectivity index (χ2n) is 5.22. The number of nitrogens with zero attached hydrogens (tertiary/aromatic N) is 3. The fraction of sp³-hybridized carbons (Fsp3) is 0.500. The van der Waals surface area contributed by atoms with Gasteiger partial charge in [-0.25, -0.2) is 14.4 Å². The van der Waals surface area contributed by atoms with Gasteiger partial charge in [-0.3, -0.25) is 4.57 Å². The third kappa shape index (κ3) is 1.89. The molecule has 0 aliphatic carbocycles. The number of anilines is 1. The first-order valence-corrected chi connectivity index (χ1v) is 6.31. The SMILES string of the molecule is C[C@@]1(O)[C@H](O)[C@@H](CO)O[C@H]1n1cnc2c(F)cnc(N)c21. The predicted octanol–water partition coefficient (Wildman–Crippen LogP) is -0.846. The van der Waals surface area contributed by atoms with E-state index in [9.17, 15) is 19.7 Å². The summed E-state index contributed by atoms with van der Waals surface area (Å²) < 4.78 is 20.4. The first kappa shape index (κ1) is 14.1. The van der Waals surface area contributed by atoms with E-state index in [1.807, 2.05) is 0 Å². The van der Waals surface area contributed by atoms with E-state index in [4.69, 9.17) is 10.5 Å². The van der Waals surface area contributed by atoms with Gasteiger partial charge in [0.1, 0.15) is 34.7 Å². The number of imidazole rings is 1. The molecule has 8 nitrogen and oxygen atoms in total. The molecule has 0 aromatic carbocycles. The fourth-order valence-electron chi connectivity index (χ4n) is 2.61. The first-order valence-electron chi connectivity index (χ1n) is 6.31. The number of hydrogen-bond donors (Lipinski definition) is 4. The van der Waals surface area contributed by atoms with Crippen molar-refractivity contribution in [2.75, 3.05) is 12.3 Å². The molecular weight excluding hydrogens is 283 g/mol. The molecule has 2 aromatic rings. The van der Waals surface area contributed by atoms with Crippen molar-refractivity contribution in [2.45, 2.75) is 31.0 Å². The number of aromatic nitrogens is 3. The van der Waals surface area contributed by atoms with Gasteiger partial charge in [-0.05, 0) is 6.92 Å². The maximum absolute atomic E-state index is 13.7. The van der Waals surface area contributed by atoms with Crippen LogP contribution in [-0.4, -0.2) is 54.3 Å². The molecule has 3 rings (SSSR count). The Hall–Kier alpha value is -1.81. The summed E-state index contributed by atoms with van der Waals surface area (Å²) >= 11 is 0. The highest BCUT2D eigenvalue weighted by molar-refractivity contribution is 5.85. The van der Waals surface area contributed by atoms with Gasteiger partial charge >= 0.3 is 0 Å². The zero-order valence-electron chi connectivity index (χ0n) is 11.1. The Labute approximate surface area is 118 Å². The number of fused-ring (bicyclic) bond motifs is 1. The van der Waals surface area contributed by atoms with Crippen molar-refractivity contribution in [2.24, 2.45) is 0 Å². The molecule has 0 unspecified atom stereocenters. The molecule has 1 saturated heterocycles. The Bertz CT molecular complexity index is 689. The van der Waals surface area contributed by atoms with E-state index < -0.39 is 36.5 Å². The normalized spacial score (nSPS) is 32.9. The summed E-state index contributed by atoms with van der Waals surface area (Å²) in [6.45, 7) is 0.884. The number of pyridine rings is 1. The van der Waals surface area contributed by atoms with Crippen LogP contribution in [0, 0.1) is 5.82 Å². The number of aliphatic hydroxyl groups excluding tert-OH is 2. The number of aliphatic hydroxyl groups is 3. The van der Waals surface area contributed by atoms with E-state index in [0.717, 1.165) is 6.20 Å². The maximum atomic E-state index is 13.7. The summed E-state index contributed by atoms with van der Waals surface area (Å²) in [5.74, 6) is -0.639. The lowest BCUT2D eigenvalue weighted by molar-refractivity contribution is -0.0948. The standard InChI is InChI=1S/C12H15FN4O4/c1-12(20)9(19)6(3-18)21-11(12)17-4-16-7-5(13)2-15-10(14)8(7)17/h2,4,6,9,11,18-20H,3H2,1H3,(H2,14,15)/t6-,9-,11-,12-/m1/s1. The molecule has 3 heterocycles. The molecule has 21 heavy (non-hydrogen) atoms. The molecule has 114 valence electrons. The molecule has 1 aliphatic rings. The smallest absolute Gasteiger partial charge is 0.169 e. The fourth-order valence-corrected chi connectivity index (χ4v) is 2.61. The van der Waals surface area contributed by atoms with Crippen molar-refractivity contribution in [1.29, 1.82) is 0 Å². The van der Waals surface area contributed by atoms with Gasteiger partial charge in [-0.1, -0.05) is 0 Å². The molecule has 4 atom stereocenters. The number of nitrogens with two attached hydrogens (primary N) is 1. The first-order chi connectivity index (χ1) is 9.87. The summed E-state index contributed by atoms with van der Waals surface area (Å²) in [6.07, 6.45) is -1.16. The number of hydrogen-bond acceptors (Lipinski definition) is 7. The zero-order chi connectivity index (χ0) is 15.4. The van der Waals surface area contributed by atoms with Gasteiger partial charge in [-0.15, -0.1) is 0 Å². The highest BCUT2D eigenvalue weighted by atomic mass is 19.1. The predicted molar refractivity (Wildman–Crippen MR) is 69.5 cm³/mol. The van der Waals surface area contributed by atoms with Crippen LogP contribution in [-0.2, 0) is 4.74 Å². The number of halogens is 1. The Balaban J connectivity index is 2.15. The van der Waals surface area contributed by atoms with Gasteiger partial charge in [0, 0.05) is 0 Å². The van der Waals surface area contributed by atoms with Gasteiger partial charge in [0.25, 0.3) is 0 Å². The second-order valence-corrected chi connectivity index (χ2v) is 5.22. The molecule has 1 aliphatic heterocycles. The van der Waals surface area contributed by atoms with Gasteiger partial charge in [0.2, 0.25) is 0 Å². The van der Waals surface area contributed by atoms with Crippen LogP contribution in [0.5, 0.6) is 0 Å². The van der Waals surface area contributed by atoms with Crippen molar-refractivity contribution in [3.8, 4) is 0 Å². The molecule has 2 aromatic heterocycles. The van der Waals surface area contributed by atoms with Crippen LogP contribution in [0.2, 0.25) is 0 Å². The van der Waals surface area contributed by atoms with Crippen LogP contribution in [0.4, 0.5) is 10.2 Å². The summed E-state index contributed by atoms with van der Waals surface area (Å²) in [6, 6.07) is 0. The Morgan fingerprint density at radius 2 is 2.24 bits per heavy atom. The van der Waals surface area contributed by atoms with Crippen molar-refractivity contribution >= 4 is 16.9 Å². The summed E-state index contributed by atoms with van der Waals surface area (Å²) in [4.78, 5) is 7.61. The zero-order valence-corrected chi connectivity index (χ0v) is 11.1. The lowest BCUT2D eigenvalue weighted by Gasteiger charge is -2.27. The van der Waals surface area contributed by atoms with Crippen molar-refractivity contribution in [3.63, 3.8) is 0 Å². The van der Waals surface area contributed by atoms with Gasteiger partial charge in [0.05, 0.1) is 19.1 Å². The Morgan fingerprint density at radius 3 is 2.86 bits per heavy atom. The van der Waals surface area contributed by atoms with E-state index in [1.54, 1.807) is 0 Å². The molecule has 0 bridgehead atoms. The van der Waals surface area contributed by atoms with E-state index in [0.29, 0.717) is 0 Å². The van der Waals surface area contributed by atoms with Gasteiger partial charge in [-0.2, -0.15) is 0 Å². The van der Waals surface area contributed by atoms with Crippen LogP contribution in [0.3, 0.4) is 0 Å². The number of nitrogen functional groups attached to an aromatic ring is 1. The van der Waals surface area contributed by atoms with E-state index in [2.05, 4.69) is 9.97 Å². The lowest BCUT2D eigenvalue weighted by atomic mass is 9.96. The molecule has 0 amide bonds. The summed E-state index contributed by atoms with van der Waals surface area (Å²) in [5, 5.41) is 29.6. The minimum Gasteiger partial charge on any atom is -0.394 e. The molecule has 1 fully saturated rings. The van der Waals surface area contributed by atoms with Crippen molar-refractivity contribution < 1.29 is 24.4 Å². The molecule has 0 saturated carbocycles. The van der Waals surface area contributed by atoms with E-state index in [-0.39, 0.29) is 16.9 Å². The van der Waals surface area contributed by atoms with Gasteiger partial charge in [0.15, 0.2) is 12.0 Å². The van der Waals surface area contributed by atoms with Crippen LogP contribution < -0.4 is 5.73 Å². The minimum atomic E-state index is -1.71. The molecular formula is C12H15FN4O4. The van der Waals surface area contributed by atoms with Crippen LogP contribution in [0.25, 0.3) is 11.0 Å². The largest absolute Gasteiger partial charge is 0.394 e. The van der Waals surface area contributed by atoms with E-state index in [1.165, 1.54) is 17.8 Å². The van der Waals surface area contributed by atoms with Crippen LogP contribution in [0.1, 0.15) is 13.2 Å². The topological polar surface area (TPSA) is 127 Å². The lowest BCUT2D eigenvalue weighted by Crippen LogP contribution is -2.44. The maximum Gasteiger partial charge on any atom is 0.169 e. The van der Waals surface area contributed by atoms with Gasteiger partial charge < -0.3 is 25.8 Å². The minimum absolute atomic E-state index is 0.0103. The second kappa shape index (κ2) is 4.60. The van der Waals surface area contributed by atoms with Crippen LogP contribution >= 0.6 is 0 Å². The summed E-state index contributed by atoms with van der Waals surface area (Å²) in [5.41, 5.74) is 4.18. The average Bonchev–Trinajstić information content (AvgIpc) is 2.97. The third-order valence-corrected chi connectivity index (χ3v) is 3.77. The van der Waals surface area contributed by atoms with Crippen molar-refractivity contribution in [3.05, 3.63) is 18.3 Å². The molecule has 5 N–H and O–H groups in total. The van der Waals surface area contributed by atoms with Crippen LogP contribution in [0.15, 0.2) is 12.5 Å². The molecule has 0 spiro atoms. The van der Waals surface area contributed by atoms with E-state index >= 15 is 0 Å². The quantitative estimate of drug-likeness (QED) is 0.569. The van der Waals surface area contributed by atoms with Crippen molar-refractivity contribution in [1.82, 2.24) is 14.5 Å². The average molecular weight is 298 g/mol. The molecule has 9 heteroatoms.